The minimum atomic E-state index is -0.652. The summed E-state index contributed by atoms with van der Waals surface area (Å²) < 4.78 is 21.4. The quantitative estimate of drug-likeness (QED) is 0.544. The minimum Gasteiger partial charge on any atom is -0.489 e. The number of ether oxygens (including phenoxy) is 4. The lowest BCUT2D eigenvalue weighted by atomic mass is 10.1. The summed E-state index contributed by atoms with van der Waals surface area (Å²) in [5, 5.41) is 0.341. The van der Waals surface area contributed by atoms with Gasteiger partial charge in [-0.2, -0.15) is 0 Å². The lowest BCUT2D eigenvalue weighted by Crippen LogP contribution is -2.18. The van der Waals surface area contributed by atoms with Crippen molar-refractivity contribution in [3.05, 3.63) is 34.1 Å². The number of esters is 1. The van der Waals surface area contributed by atoms with Gasteiger partial charge in [0.1, 0.15) is 12.2 Å². The van der Waals surface area contributed by atoms with Crippen LogP contribution in [0.25, 0.3) is 10.9 Å². The topological polar surface area (TPSA) is 86.9 Å². The van der Waals surface area contributed by atoms with E-state index >= 15 is 0 Å². The van der Waals surface area contributed by atoms with Crippen molar-refractivity contribution in [3.63, 3.8) is 0 Å². The molecular weight excluding hydrogens is 338 g/mol. The largest absolute Gasteiger partial charge is 0.489 e. The van der Waals surface area contributed by atoms with E-state index in [-0.39, 0.29) is 12.2 Å². The molecule has 0 aliphatic carbocycles. The zero-order valence-electron chi connectivity index (χ0n) is 15.6. The van der Waals surface area contributed by atoms with E-state index in [4.69, 9.17) is 18.9 Å². The van der Waals surface area contributed by atoms with Crippen LogP contribution in [0.15, 0.2) is 23.1 Å². The number of hydrogen-bond acceptors (Lipinski definition) is 6. The van der Waals surface area contributed by atoms with Gasteiger partial charge in [0.2, 0.25) is 5.43 Å². The highest BCUT2D eigenvalue weighted by Crippen LogP contribution is 2.31. The highest BCUT2D eigenvalue weighted by molar-refractivity contribution is 5.94. The molecule has 1 aromatic carbocycles. The van der Waals surface area contributed by atoms with Gasteiger partial charge in [0, 0.05) is 19.4 Å². The summed E-state index contributed by atoms with van der Waals surface area (Å²) in [5.41, 5.74) is 0.101. The average Bonchev–Trinajstić information content (AvgIpc) is 2.60. The van der Waals surface area contributed by atoms with E-state index in [2.05, 4.69) is 4.98 Å². The molecule has 1 N–H and O–H groups in total. The zero-order valence-corrected chi connectivity index (χ0v) is 15.6. The molecule has 0 fully saturated rings. The Kier molecular flexibility index (Phi) is 7.03. The van der Waals surface area contributed by atoms with E-state index in [1.807, 2.05) is 13.8 Å². The molecule has 7 nitrogen and oxygen atoms in total. The molecule has 0 amide bonds. The van der Waals surface area contributed by atoms with Crippen LogP contribution in [0.3, 0.4) is 0 Å². The monoisotopic (exact) mass is 363 g/mol. The van der Waals surface area contributed by atoms with Crippen LogP contribution in [0.2, 0.25) is 0 Å². The number of pyridine rings is 1. The third kappa shape index (κ3) is 4.76. The van der Waals surface area contributed by atoms with Crippen LogP contribution in [-0.2, 0) is 9.47 Å². The molecule has 2 rings (SSSR count). The first-order chi connectivity index (χ1) is 12.5. The van der Waals surface area contributed by atoms with Crippen molar-refractivity contribution in [2.24, 2.45) is 5.92 Å². The van der Waals surface area contributed by atoms with Gasteiger partial charge in [-0.1, -0.05) is 13.8 Å². The summed E-state index contributed by atoms with van der Waals surface area (Å²) in [5.74, 6) is 0.617. The lowest BCUT2D eigenvalue weighted by molar-refractivity contribution is 0.0524. The van der Waals surface area contributed by atoms with Gasteiger partial charge in [-0.25, -0.2) is 4.79 Å². The number of carbonyl (C=O) groups is 1. The van der Waals surface area contributed by atoms with Crippen LogP contribution < -0.4 is 14.9 Å². The smallest absolute Gasteiger partial charge is 0.343 e. The minimum absolute atomic E-state index is 0.0396. The van der Waals surface area contributed by atoms with Gasteiger partial charge in [-0.3, -0.25) is 4.79 Å². The van der Waals surface area contributed by atoms with Gasteiger partial charge in [0.05, 0.1) is 30.7 Å². The van der Waals surface area contributed by atoms with E-state index in [9.17, 15) is 9.59 Å². The van der Waals surface area contributed by atoms with Gasteiger partial charge in [-0.05, 0) is 18.9 Å². The number of rotatable bonds is 9. The second-order valence-corrected chi connectivity index (χ2v) is 6.14. The SMILES string of the molecule is CCOC(=O)c1c[nH]c2cc(OCCOC)c(OCC(C)C)cc2c1=O. The predicted molar refractivity (Wildman–Crippen MR) is 98.2 cm³/mol. The molecule has 0 unspecified atom stereocenters. The standard InChI is InChI=1S/C19H25NO6/c1-5-24-19(22)14-10-20-15-9-17(25-7-6-23-4)16(26-11-12(2)3)8-13(15)18(14)21/h8-10,12H,5-7,11H2,1-4H3,(H,20,21). The van der Waals surface area contributed by atoms with Gasteiger partial charge in [0.15, 0.2) is 11.5 Å². The molecule has 0 atom stereocenters. The molecule has 7 heteroatoms. The lowest BCUT2D eigenvalue weighted by Gasteiger charge is -2.15. The highest BCUT2D eigenvalue weighted by atomic mass is 16.5. The molecule has 0 radical (unpaired) electrons. The van der Waals surface area contributed by atoms with E-state index in [0.717, 1.165) is 0 Å². The first kappa shape index (κ1) is 19.8. The fourth-order valence-electron chi connectivity index (χ4n) is 2.31. The maximum absolute atomic E-state index is 12.7. The Hall–Kier alpha value is -2.54. The highest BCUT2D eigenvalue weighted by Gasteiger charge is 2.17. The first-order valence-electron chi connectivity index (χ1n) is 8.59. The molecule has 2 aromatic rings. The third-order valence-electron chi connectivity index (χ3n) is 3.56. The number of fused-ring (bicyclic) bond motifs is 1. The Labute approximate surface area is 152 Å². The number of hydrogen-bond donors (Lipinski definition) is 1. The Balaban J connectivity index is 2.47. The maximum Gasteiger partial charge on any atom is 0.343 e. The van der Waals surface area contributed by atoms with Crippen molar-refractivity contribution in [3.8, 4) is 11.5 Å². The van der Waals surface area contributed by atoms with Crippen LogP contribution in [-0.4, -0.2) is 44.5 Å². The van der Waals surface area contributed by atoms with Crippen molar-refractivity contribution >= 4 is 16.9 Å². The summed E-state index contributed by atoms with van der Waals surface area (Å²) in [7, 11) is 1.59. The summed E-state index contributed by atoms with van der Waals surface area (Å²) in [6.07, 6.45) is 1.36. The van der Waals surface area contributed by atoms with Gasteiger partial charge in [0.25, 0.3) is 0 Å². The van der Waals surface area contributed by atoms with E-state index in [1.54, 1.807) is 26.2 Å². The number of nitrogens with one attached hydrogen (secondary N) is 1. The first-order valence-corrected chi connectivity index (χ1v) is 8.59. The molecule has 0 saturated heterocycles. The molecular formula is C19H25NO6. The van der Waals surface area contributed by atoms with E-state index in [1.165, 1.54) is 6.20 Å². The summed E-state index contributed by atoms with van der Waals surface area (Å²) in [6, 6.07) is 3.29. The van der Waals surface area contributed by atoms with Crippen molar-refractivity contribution in [2.45, 2.75) is 20.8 Å². The van der Waals surface area contributed by atoms with Crippen LogP contribution in [0.1, 0.15) is 31.1 Å². The molecule has 26 heavy (non-hydrogen) atoms. The maximum atomic E-state index is 12.7. The molecule has 0 saturated carbocycles. The van der Waals surface area contributed by atoms with Crippen LogP contribution in [0.5, 0.6) is 11.5 Å². The number of benzene rings is 1. The summed E-state index contributed by atoms with van der Waals surface area (Å²) >= 11 is 0. The van der Waals surface area contributed by atoms with Crippen LogP contribution in [0.4, 0.5) is 0 Å². The Morgan fingerprint density at radius 3 is 2.54 bits per heavy atom. The van der Waals surface area contributed by atoms with Gasteiger partial charge >= 0.3 is 5.97 Å². The number of aromatic amines is 1. The van der Waals surface area contributed by atoms with Crippen molar-refractivity contribution in [1.82, 2.24) is 4.98 Å². The van der Waals surface area contributed by atoms with E-state index < -0.39 is 11.4 Å². The fourth-order valence-corrected chi connectivity index (χ4v) is 2.31. The molecule has 1 heterocycles. The molecule has 0 bridgehead atoms. The van der Waals surface area contributed by atoms with Crippen molar-refractivity contribution in [2.75, 3.05) is 33.5 Å². The Morgan fingerprint density at radius 1 is 1.15 bits per heavy atom. The van der Waals surface area contributed by atoms with Crippen LogP contribution in [0, 0.1) is 5.92 Å². The number of carbonyl (C=O) groups excluding carboxylic acids is 1. The second-order valence-electron chi connectivity index (χ2n) is 6.14. The predicted octanol–water partition coefficient (Wildman–Crippen LogP) is 2.76. The zero-order chi connectivity index (χ0) is 19.1. The number of H-pyrrole nitrogens is 1. The molecule has 142 valence electrons. The molecule has 0 aliphatic heterocycles. The summed E-state index contributed by atoms with van der Waals surface area (Å²) in [6.45, 7) is 7.20. The molecule has 0 aliphatic rings. The number of methoxy groups -OCH3 is 1. The van der Waals surface area contributed by atoms with Crippen molar-refractivity contribution < 1.29 is 23.7 Å². The van der Waals surface area contributed by atoms with E-state index in [0.29, 0.717) is 48.1 Å². The normalized spacial score (nSPS) is 11.0. The fraction of sp³-hybridized carbons (Fsp3) is 0.474. The Bertz CT molecular complexity index is 812. The van der Waals surface area contributed by atoms with Gasteiger partial charge in [-0.15, -0.1) is 0 Å². The Morgan fingerprint density at radius 2 is 1.88 bits per heavy atom. The van der Waals surface area contributed by atoms with Crippen LogP contribution >= 0.6 is 0 Å². The second kappa shape index (κ2) is 9.24. The summed E-state index contributed by atoms with van der Waals surface area (Å²) in [4.78, 5) is 27.6. The average molecular weight is 363 g/mol. The molecule has 0 spiro atoms. The third-order valence-corrected chi connectivity index (χ3v) is 3.56. The molecule has 1 aromatic heterocycles. The van der Waals surface area contributed by atoms with Gasteiger partial charge < -0.3 is 23.9 Å². The number of aromatic nitrogens is 1. The van der Waals surface area contributed by atoms with Crippen molar-refractivity contribution in [1.29, 1.82) is 0 Å².